The van der Waals surface area contributed by atoms with Crippen LogP contribution in [0.1, 0.15) is 46.5 Å². The van der Waals surface area contributed by atoms with Crippen LogP contribution in [0.5, 0.6) is 0 Å². The monoisotopic (exact) mass is 212 g/mol. The summed E-state index contributed by atoms with van der Waals surface area (Å²) < 4.78 is 10.6. The van der Waals surface area contributed by atoms with Gasteiger partial charge in [-0.1, -0.05) is 13.8 Å². The summed E-state index contributed by atoms with van der Waals surface area (Å²) in [4.78, 5) is 11.5. The molecule has 1 aliphatic carbocycles. The van der Waals surface area contributed by atoms with Crippen LogP contribution in [0.25, 0.3) is 0 Å². The van der Waals surface area contributed by atoms with Gasteiger partial charge in [0.2, 0.25) is 0 Å². The van der Waals surface area contributed by atoms with Crippen LogP contribution in [0.15, 0.2) is 0 Å². The first kappa shape index (κ1) is 10.9. The van der Waals surface area contributed by atoms with Crippen molar-refractivity contribution in [1.29, 1.82) is 0 Å². The summed E-state index contributed by atoms with van der Waals surface area (Å²) in [5.41, 5.74) is 0.262. The molecule has 0 bridgehead atoms. The number of epoxide rings is 1. The van der Waals surface area contributed by atoms with Gasteiger partial charge in [-0.2, -0.15) is 0 Å². The van der Waals surface area contributed by atoms with E-state index < -0.39 is 0 Å². The molecule has 86 valence electrons. The van der Waals surface area contributed by atoms with Crippen molar-refractivity contribution in [3.8, 4) is 0 Å². The van der Waals surface area contributed by atoms with Gasteiger partial charge in [0.1, 0.15) is 5.60 Å². The molecule has 2 aliphatic rings. The standard InChI is InChI=1S/C12H20O3/c1-4-14-10(13)9-12(15-9)7-5-11(2,3)6-8-12/h9H,4-8H2,1-3H3. The Hall–Kier alpha value is -0.570. The van der Waals surface area contributed by atoms with Gasteiger partial charge >= 0.3 is 5.97 Å². The van der Waals surface area contributed by atoms with E-state index in [1.165, 1.54) is 0 Å². The third-order valence-corrected chi connectivity index (χ3v) is 3.72. The van der Waals surface area contributed by atoms with Crippen molar-refractivity contribution in [3.63, 3.8) is 0 Å². The molecule has 1 aliphatic heterocycles. The molecule has 0 aromatic heterocycles. The lowest BCUT2D eigenvalue weighted by Crippen LogP contribution is -2.31. The van der Waals surface area contributed by atoms with Crippen molar-refractivity contribution >= 4 is 5.97 Å². The van der Waals surface area contributed by atoms with Crippen LogP contribution in [0.3, 0.4) is 0 Å². The van der Waals surface area contributed by atoms with Crippen molar-refractivity contribution in [2.45, 2.75) is 58.2 Å². The highest BCUT2D eigenvalue weighted by molar-refractivity contribution is 5.79. The Morgan fingerprint density at radius 2 is 1.93 bits per heavy atom. The highest BCUT2D eigenvalue weighted by Crippen LogP contribution is 2.53. The summed E-state index contributed by atoms with van der Waals surface area (Å²) in [6.07, 6.45) is 4.02. The highest BCUT2D eigenvalue weighted by atomic mass is 16.7. The van der Waals surface area contributed by atoms with Crippen molar-refractivity contribution in [1.82, 2.24) is 0 Å². The SMILES string of the molecule is CCOC(=O)C1OC12CCC(C)(C)CC2. The van der Waals surface area contributed by atoms with Gasteiger partial charge in [0.15, 0.2) is 6.10 Å². The second-order valence-electron chi connectivity index (χ2n) is 5.48. The third kappa shape index (κ3) is 2.03. The van der Waals surface area contributed by atoms with Crippen molar-refractivity contribution < 1.29 is 14.3 Å². The lowest BCUT2D eigenvalue weighted by molar-refractivity contribution is -0.144. The molecule has 1 saturated heterocycles. The second kappa shape index (κ2) is 3.48. The smallest absolute Gasteiger partial charge is 0.338 e. The van der Waals surface area contributed by atoms with Crippen molar-refractivity contribution in [2.75, 3.05) is 6.61 Å². The molecule has 2 rings (SSSR count). The summed E-state index contributed by atoms with van der Waals surface area (Å²) in [6.45, 7) is 6.83. The fourth-order valence-electron chi connectivity index (χ4n) is 2.41. The van der Waals surface area contributed by atoms with Gasteiger partial charge in [-0.3, -0.25) is 0 Å². The zero-order valence-electron chi connectivity index (χ0n) is 9.84. The molecular weight excluding hydrogens is 192 g/mol. The molecule has 0 radical (unpaired) electrons. The highest BCUT2D eigenvalue weighted by Gasteiger charge is 2.62. The molecule has 0 amide bonds. The number of carbonyl (C=O) groups excluding carboxylic acids is 1. The first-order valence-electron chi connectivity index (χ1n) is 5.84. The molecule has 1 spiro atoms. The Kier molecular flexibility index (Phi) is 2.53. The van der Waals surface area contributed by atoms with E-state index in [0.717, 1.165) is 25.7 Å². The minimum absolute atomic E-state index is 0.151. The third-order valence-electron chi connectivity index (χ3n) is 3.72. The van der Waals surface area contributed by atoms with E-state index >= 15 is 0 Å². The normalized spacial score (nSPS) is 31.3. The van der Waals surface area contributed by atoms with E-state index in [9.17, 15) is 4.79 Å². The van der Waals surface area contributed by atoms with Crippen LogP contribution in [0.4, 0.5) is 0 Å². The van der Waals surface area contributed by atoms with E-state index in [-0.39, 0.29) is 17.7 Å². The Bertz CT molecular complexity index is 260. The summed E-state index contributed by atoms with van der Waals surface area (Å²) in [5.74, 6) is -0.169. The van der Waals surface area contributed by atoms with Crippen LogP contribution in [0, 0.1) is 5.41 Å². The number of hydrogen-bond acceptors (Lipinski definition) is 3. The van der Waals surface area contributed by atoms with Crippen LogP contribution >= 0.6 is 0 Å². The predicted octanol–water partition coefficient (Wildman–Crippen LogP) is 2.29. The summed E-state index contributed by atoms with van der Waals surface area (Å²) in [7, 11) is 0. The Labute approximate surface area is 91.1 Å². The van der Waals surface area contributed by atoms with Crippen LogP contribution in [0.2, 0.25) is 0 Å². The van der Waals surface area contributed by atoms with Gasteiger partial charge in [-0.25, -0.2) is 4.79 Å². The average Bonchev–Trinajstić information content (AvgIpc) is 2.87. The first-order chi connectivity index (χ1) is 6.99. The van der Waals surface area contributed by atoms with Gasteiger partial charge in [-0.05, 0) is 38.0 Å². The van der Waals surface area contributed by atoms with Gasteiger partial charge in [0, 0.05) is 0 Å². The zero-order chi connectivity index (χ0) is 11.1. The molecule has 3 heteroatoms. The molecule has 0 aromatic rings. The topological polar surface area (TPSA) is 38.8 Å². The fraction of sp³-hybridized carbons (Fsp3) is 0.917. The molecule has 1 heterocycles. The van der Waals surface area contributed by atoms with Crippen LogP contribution in [-0.2, 0) is 14.3 Å². The quantitative estimate of drug-likeness (QED) is 0.520. The van der Waals surface area contributed by atoms with Gasteiger partial charge in [-0.15, -0.1) is 0 Å². The molecule has 0 N–H and O–H groups in total. The molecule has 1 saturated carbocycles. The molecule has 2 fully saturated rings. The summed E-state index contributed by atoms with van der Waals surface area (Å²) in [6, 6.07) is 0. The molecule has 1 atom stereocenters. The average molecular weight is 212 g/mol. The summed E-state index contributed by atoms with van der Waals surface area (Å²) in [5, 5.41) is 0. The molecular formula is C12H20O3. The molecule has 3 nitrogen and oxygen atoms in total. The van der Waals surface area contributed by atoms with Crippen LogP contribution in [-0.4, -0.2) is 24.3 Å². The van der Waals surface area contributed by atoms with Gasteiger partial charge in [0.05, 0.1) is 6.61 Å². The lowest BCUT2D eigenvalue weighted by Gasteiger charge is -2.32. The Balaban J connectivity index is 1.89. The fourth-order valence-corrected chi connectivity index (χ4v) is 2.41. The predicted molar refractivity (Wildman–Crippen MR) is 56.5 cm³/mol. The number of ether oxygens (including phenoxy) is 2. The number of hydrogen-bond donors (Lipinski definition) is 0. The summed E-state index contributed by atoms with van der Waals surface area (Å²) >= 11 is 0. The second-order valence-corrected chi connectivity index (χ2v) is 5.48. The van der Waals surface area contributed by atoms with E-state index in [1.807, 2.05) is 6.92 Å². The van der Waals surface area contributed by atoms with E-state index in [2.05, 4.69) is 13.8 Å². The zero-order valence-corrected chi connectivity index (χ0v) is 9.84. The number of carbonyl (C=O) groups is 1. The van der Waals surface area contributed by atoms with E-state index in [0.29, 0.717) is 12.0 Å². The lowest BCUT2D eigenvalue weighted by atomic mass is 9.72. The Morgan fingerprint density at radius 3 is 2.47 bits per heavy atom. The maximum absolute atomic E-state index is 11.5. The van der Waals surface area contributed by atoms with Crippen molar-refractivity contribution in [2.24, 2.45) is 5.41 Å². The van der Waals surface area contributed by atoms with E-state index in [4.69, 9.17) is 9.47 Å². The molecule has 15 heavy (non-hydrogen) atoms. The van der Waals surface area contributed by atoms with E-state index in [1.54, 1.807) is 0 Å². The number of rotatable bonds is 2. The van der Waals surface area contributed by atoms with Gasteiger partial charge < -0.3 is 9.47 Å². The first-order valence-corrected chi connectivity index (χ1v) is 5.84. The largest absolute Gasteiger partial charge is 0.464 e. The minimum atomic E-state index is -0.270. The maximum atomic E-state index is 11.5. The van der Waals surface area contributed by atoms with Crippen molar-refractivity contribution in [3.05, 3.63) is 0 Å². The Morgan fingerprint density at radius 1 is 1.33 bits per heavy atom. The van der Waals surface area contributed by atoms with Crippen LogP contribution < -0.4 is 0 Å². The van der Waals surface area contributed by atoms with Gasteiger partial charge in [0.25, 0.3) is 0 Å². The minimum Gasteiger partial charge on any atom is -0.464 e. The number of esters is 1. The molecule has 1 unspecified atom stereocenters. The maximum Gasteiger partial charge on any atom is 0.338 e. The molecule has 0 aromatic carbocycles.